The fourth-order valence-electron chi connectivity index (χ4n) is 10.00. The lowest BCUT2D eigenvalue weighted by atomic mass is 9.81. The first-order chi connectivity index (χ1) is 34.3. The van der Waals surface area contributed by atoms with Gasteiger partial charge in [-0.05, 0) is 191 Å². The second-order valence-corrected chi connectivity index (χ2v) is 25.4. The number of benzene rings is 6. The number of aromatic carboxylic acids is 2. The van der Waals surface area contributed by atoms with Crippen LogP contribution < -0.4 is 19.2 Å². The SMILES string of the molecule is CC(C)(C)S(=O)N[C@H](c1cc(CC(C)(C)S(=O)Nc2cc(Cl)ccc2-c2ccccc2CC2CCN(c3ccc(C(=O)O)cc3)CC2)ccc1-c1ccc(Cl)cc1)C1CCN(c2ccc(C(=O)O)cc2)CC1. The van der Waals surface area contributed by atoms with E-state index in [9.17, 15) is 28.2 Å². The monoisotopic (exact) mass is 1050 g/mol. The highest BCUT2D eigenvalue weighted by Crippen LogP contribution is 2.41. The number of rotatable bonds is 17. The van der Waals surface area contributed by atoms with Crippen molar-refractivity contribution in [2.24, 2.45) is 11.8 Å². The molecule has 2 saturated heterocycles. The minimum Gasteiger partial charge on any atom is -0.478 e. The highest BCUT2D eigenvalue weighted by molar-refractivity contribution is 7.87. The normalized spacial score (nSPS) is 16.3. The zero-order valence-corrected chi connectivity index (χ0v) is 44.6. The summed E-state index contributed by atoms with van der Waals surface area (Å²) >= 11 is 13.1. The molecule has 0 spiro atoms. The van der Waals surface area contributed by atoms with Gasteiger partial charge in [-0.1, -0.05) is 83.9 Å². The van der Waals surface area contributed by atoms with Crippen LogP contribution in [0.4, 0.5) is 17.1 Å². The van der Waals surface area contributed by atoms with Crippen molar-refractivity contribution in [2.45, 2.75) is 88.7 Å². The number of hydrogen-bond acceptors (Lipinski definition) is 6. The molecule has 6 aromatic carbocycles. The third-order valence-corrected chi connectivity index (χ3v) is 17.7. The van der Waals surface area contributed by atoms with E-state index in [-0.39, 0.29) is 23.1 Å². The van der Waals surface area contributed by atoms with Crippen molar-refractivity contribution in [1.82, 2.24) is 4.72 Å². The Balaban J connectivity index is 1.03. The Bertz CT molecular complexity index is 2930. The van der Waals surface area contributed by atoms with Crippen molar-refractivity contribution in [3.63, 3.8) is 0 Å². The van der Waals surface area contributed by atoms with Gasteiger partial charge < -0.3 is 24.7 Å². The van der Waals surface area contributed by atoms with E-state index in [4.69, 9.17) is 23.2 Å². The second kappa shape index (κ2) is 22.7. The molecule has 0 aliphatic carbocycles. The molecule has 0 amide bonds. The number of nitrogens with zero attached hydrogens (tertiary/aromatic N) is 2. The van der Waals surface area contributed by atoms with Crippen molar-refractivity contribution in [1.29, 1.82) is 0 Å². The predicted octanol–water partition coefficient (Wildman–Crippen LogP) is 13.3. The lowest BCUT2D eigenvalue weighted by Gasteiger charge is -2.39. The minimum absolute atomic E-state index is 0.109. The largest absolute Gasteiger partial charge is 0.478 e. The van der Waals surface area contributed by atoms with Gasteiger partial charge in [0.15, 0.2) is 0 Å². The number of hydrogen-bond donors (Lipinski definition) is 4. The van der Waals surface area contributed by atoms with Crippen LogP contribution in [0.15, 0.2) is 133 Å². The van der Waals surface area contributed by atoms with Crippen LogP contribution >= 0.6 is 23.2 Å². The lowest BCUT2D eigenvalue weighted by Crippen LogP contribution is -2.43. The van der Waals surface area contributed by atoms with Crippen molar-refractivity contribution in [3.8, 4) is 22.3 Å². The molecule has 2 heterocycles. The third-order valence-electron chi connectivity index (χ3n) is 14.1. The molecule has 10 nitrogen and oxygen atoms in total. The van der Waals surface area contributed by atoms with Gasteiger partial charge in [-0.3, -0.25) is 0 Å². The highest BCUT2D eigenvalue weighted by atomic mass is 35.5. The molecule has 3 atom stereocenters. The first-order valence-corrected chi connectivity index (χ1v) is 27.7. The molecular formula is C58H64Cl2N4O6S2. The quantitative estimate of drug-likeness (QED) is 0.0708. The first-order valence-electron chi connectivity index (χ1n) is 24.6. The Morgan fingerprint density at radius 3 is 1.75 bits per heavy atom. The summed E-state index contributed by atoms with van der Waals surface area (Å²) in [5.41, 5.74) is 10.4. The molecule has 2 fully saturated rings. The molecule has 6 aromatic rings. The molecule has 0 radical (unpaired) electrons. The molecule has 8 rings (SSSR count). The average molecular weight is 1050 g/mol. The van der Waals surface area contributed by atoms with E-state index < -0.39 is 43.4 Å². The molecule has 378 valence electrons. The number of carbonyl (C=O) groups is 2. The summed E-state index contributed by atoms with van der Waals surface area (Å²) in [5.74, 6) is -1.32. The average Bonchev–Trinajstić information content (AvgIpc) is 3.36. The van der Waals surface area contributed by atoms with Crippen molar-refractivity contribution < 1.29 is 28.2 Å². The van der Waals surface area contributed by atoms with Gasteiger partial charge in [-0.15, -0.1) is 0 Å². The predicted molar refractivity (Wildman–Crippen MR) is 297 cm³/mol. The van der Waals surface area contributed by atoms with Crippen molar-refractivity contribution in [3.05, 3.63) is 171 Å². The maximum atomic E-state index is 14.8. The summed E-state index contributed by atoms with van der Waals surface area (Å²) in [4.78, 5) is 27.6. The van der Waals surface area contributed by atoms with E-state index in [2.05, 4.69) is 55.6 Å². The van der Waals surface area contributed by atoms with E-state index >= 15 is 0 Å². The molecule has 2 unspecified atom stereocenters. The summed E-state index contributed by atoms with van der Waals surface area (Å²) in [6, 6.07) is 42.2. The van der Waals surface area contributed by atoms with Crippen LogP contribution in [0.1, 0.15) is 104 Å². The Hall–Kier alpha value is -5.50. The first kappa shape index (κ1) is 52.8. The van der Waals surface area contributed by atoms with Crippen molar-refractivity contribution >= 4 is 74.2 Å². The highest BCUT2D eigenvalue weighted by Gasteiger charge is 2.35. The molecule has 4 N–H and O–H groups in total. The molecule has 0 aromatic heterocycles. The van der Waals surface area contributed by atoms with Crippen LogP contribution in [0.25, 0.3) is 22.3 Å². The fourth-order valence-corrected chi connectivity index (χ4v) is 12.1. The molecule has 0 saturated carbocycles. The number of halogens is 2. The maximum Gasteiger partial charge on any atom is 0.335 e. The Kier molecular flexibility index (Phi) is 16.7. The zero-order chi connectivity index (χ0) is 51.3. The Morgan fingerprint density at radius 1 is 0.639 bits per heavy atom. The summed E-state index contributed by atoms with van der Waals surface area (Å²) < 4.78 is 34.7. The van der Waals surface area contributed by atoms with E-state index in [1.807, 2.05) is 107 Å². The van der Waals surface area contributed by atoms with Crippen LogP contribution in [0.3, 0.4) is 0 Å². The molecule has 2 aliphatic rings. The summed E-state index contributed by atoms with van der Waals surface area (Å²) in [7, 11) is -3.00. The summed E-state index contributed by atoms with van der Waals surface area (Å²) in [5, 5.41) is 20.0. The number of anilines is 3. The Morgan fingerprint density at radius 2 is 1.18 bits per heavy atom. The van der Waals surface area contributed by atoms with Crippen LogP contribution in [0.2, 0.25) is 10.0 Å². The topological polar surface area (TPSA) is 139 Å². The van der Waals surface area contributed by atoms with Gasteiger partial charge >= 0.3 is 11.9 Å². The van der Waals surface area contributed by atoms with Crippen LogP contribution in [0.5, 0.6) is 0 Å². The summed E-state index contributed by atoms with van der Waals surface area (Å²) in [6.07, 6.45) is 4.96. The smallest absolute Gasteiger partial charge is 0.335 e. The van der Waals surface area contributed by atoms with Gasteiger partial charge in [0, 0.05) is 59.2 Å². The molecular weight excluding hydrogens is 984 g/mol. The van der Waals surface area contributed by atoms with Gasteiger partial charge in [-0.25, -0.2) is 22.7 Å². The molecule has 14 heteroatoms. The Labute approximate surface area is 439 Å². The van der Waals surface area contributed by atoms with Crippen LogP contribution in [-0.4, -0.2) is 66.2 Å². The van der Waals surface area contributed by atoms with Crippen LogP contribution in [0, 0.1) is 11.8 Å². The number of carboxylic acid groups (broad SMARTS) is 2. The number of carboxylic acids is 2. The van der Waals surface area contributed by atoms with Crippen LogP contribution in [-0.2, 0) is 34.8 Å². The number of nitrogens with one attached hydrogen (secondary N) is 2. The van der Waals surface area contributed by atoms with Gasteiger partial charge in [-0.2, -0.15) is 0 Å². The second-order valence-electron chi connectivity index (χ2n) is 20.7. The molecule has 2 aliphatic heterocycles. The van der Waals surface area contributed by atoms with Crippen molar-refractivity contribution in [2.75, 3.05) is 40.7 Å². The standard InChI is InChI=1S/C58H64Cl2N4O6S2/c1-57(2,3)71(69)62-54(41-28-32-64(33-29-41)48-22-15-43(16-23-48)56(67)68)52-35-39(10-24-50(52)40-11-17-45(59)18-12-40)37-58(4,5)72(70)61-53-36-46(60)19-25-51(53)49-9-7-6-8-44(49)34-38-26-30-63(31-27-38)47-20-13-42(14-21-47)55(65)66/h6-25,35-36,38,41,54,61-62H,26-34,37H2,1-5H3,(H,65,66)(H,67,68)/t54-,71?,72?/m0/s1. The minimum atomic E-state index is -1.59. The van der Waals surface area contributed by atoms with E-state index in [0.717, 1.165) is 103 Å². The zero-order valence-electron chi connectivity index (χ0n) is 41.5. The number of piperidine rings is 2. The summed E-state index contributed by atoms with van der Waals surface area (Å²) in [6.45, 7) is 13.2. The van der Waals surface area contributed by atoms with Gasteiger partial charge in [0.1, 0.15) is 11.0 Å². The van der Waals surface area contributed by atoms with E-state index in [0.29, 0.717) is 28.1 Å². The maximum absolute atomic E-state index is 14.8. The molecule has 72 heavy (non-hydrogen) atoms. The van der Waals surface area contributed by atoms with Gasteiger partial charge in [0.2, 0.25) is 0 Å². The molecule has 0 bridgehead atoms. The fraction of sp³-hybridized carbons (Fsp3) is 0.345. The third kappa shape index (κ3) is 12.8. The van der Waals surface area contributed by atoms with Gasteiger partial charge in [0.05, 0.1) is 37.3 Å². The van der Waals surface area contributed by atoms with E-state index in [1.165, 1.54) is 5.56 Å². The van der Waals surface area contributed by atoms with E-state index in [1.54, 1.807) is 24.3 Å². The van der Waals surface area contributed by atoms with Gasteiger partial charge in [0.25, 0.3) is 0 Å². The lowest BCUT2D eigenvalue weighted by molar-refractivity contribution is 0.0686.